The summed E-state index contributed by atoms with van der Waals surface area (Å²) in [5.74, 6) is 1.51. The Morgan fingerprint density at radius 2 is 2.45 bits per heavy atom. The molecule has 0 radical (unpaired) electrons. The average molecular weight is 276 g/mol. The van der Waals surface area contributed by atoms with Crippen molar-refractivity contribution in [3.63, 3.8) is 0 Å². The van der Waals surface area contributed by atoms with Gasteiger partial charge < -0.3 is 18.8 Å². The van der Waals surface area contributed by atoms with Crippen LogP contribution in [-0.4, -0.2) is 40.1 Å². The van der Waals surface area contributed by atoms with Crippen molar-refractivity contribution in [2.24, 2.45) is 0 Å². The monoisotopic (exact) mass is 276 g/mol. The SMILES string of the molecule is Cc1oc(-c2ccco2)nc1CC(=O)N1CC[C@@H](O)C1. The zero-order valence-electron chi connectivity index (χ0n) is 11.2. The number of hydrogen-bond donors (Lipinski definition) is 1. The first kappa shape index (κ1) is 12.9. The molecule has 2 aromatic rings. The number of oxazole rings is 1. The number of likely N-dealkylation sites (tertiary alicyclic amines) is 1. The van der Waals surface area contributed by atoms with Crippen LogP contribution in [-0.2, 0) is 11.2 Å². The van der Waals surface area contributed by atoms with E-state index in [0.717, 1.165) is 0 Å². The van der Waals surface area contributed by atoms with Gasteiger partial charge in [-0.25, -0.2) is 4.98 Å². The third-order valence-corrected chi connectivity index (χ3v) is 3.46. The maximum Gasteiger partial charge on any atom is 0.263 e. The molecule has 6 nitrogen and oxygen atoms in total. The Morgan fingerprint density at radius 3 is 3.10 bits per heavy atom. The zero-order chi connectivity index (χ0) is 14.1. The van der Waals surface area contributed by atoms with E-state index < -0.39 is 6.10 Å². The lowest BCUT2D eigenvalue weighted by molar-refractivity contribution is -0.129. The summed E-state index contributed by atoms with van der Waals surface area (Å²) in [7, 11) is 0. The minimum Gasteiger partial charge on any atom is -0.459 e. The van der Waals surface area contributed by atoms with Gasteiger partial charge in [-0.3, -0.25) is 4.79 Å². The van der Waals surface area contributed by atoms with Crippen molar-refractivity contribution < 1.29 is 18.7 Å². The molecule has 0 bridgehead atoms. The van der Waals surface area contributed by atoms with E-state index in [0.29, 0.717) is 42.6 Å². The van der Waals surface area contributed by atoms with Crippen molar-refractivity contribution in [3.8, 4) is 11.7 Å². The highest BCUT2D eigenvalue weighted by Crippen LogP contribution is 2.23. The minimum atomic E-state index is -0.406. The molecule has 1 aliphatic heterocycles. The van der Waals surface area contributed by atoms with Gasteiger partial charge in [-0.05, 0) is 25.5 Å². The lowest BCUT2D eigenvalue weighted by Crippen LogP contribution is -2.31. The van der Waals surface area contributed by atoms with Crippen LogP contribution >= 0.6 is 0 Å². The van der Waals surface area contributed by atoms with Gasteiger partial charge in [-0.15, -0.1) is 0 Å². The van der Waals surface area contributed by atoms with Gasteiger partial charge in [0.1, 0.15) is 5.76 Å². The van der Waals surface area contributed by atoms with Crippen LogP contribution in [0, 0.1) is 6.92 Å². The Bertz CT molecular complexity index is 603. The van der Waals surface area contributed by atoms with Crippen molar-refractivity contribution in [1.29, 1.82) is 0 Å². The summed E-state index contributed by atoms with van der Waals surface area (Å²) < 4.78 is 10.7. The highest BCUT2D eigenvalue weighted by Gasteiger charge is 2.26. The number of aryl methyl sites for hydroxylation is 1. The van der Waals surface area contributed by atoms with Gasteiger partial charge in [0, 0.05) is 13.1 Å². The van der Waals surface area contributed by atoms with Gasteiger partial charge in [0.05, 0.1) is 24.5 Å². The lowest BCUT2D eigenvalue weighted by atomic mass is 10.2. The number of amides is 1. The highest BCUT2D eigenvalue weighted by atomic mass is 16.4. The fraction of sp³-hybridized carbons (Fsp3) is 0.429. The van der Waals surface area contributed by atoms with Crippen LogP contribution in [0.25, 0.3) is 11.7 Å². The Labute approximate surface area is 116 Å². The first-order valence-corrected chi connectivity index (χ1v) is 6.59. The molecule has 3 rings (SSSR count). The molecule has 1 amide bonds. The number of hydrogen-bond acceptors (Lipinski definition) is 5. The molecule has 1 aliphatic rings. The summed E-state index contributed by atoms with van der Waals surface area (Å²) in [6, 6.07) is 3.51. The number of carbonyl (C=O) groups excluding carboxylic acids is 1. The lowest BCUT2D eigenvalue weighted by Gasteiger charge is -2.14. The van der Waals surface area contributed by atoms with Crippen LogP contribution in [0.3, 0.4) is 0 Å². The van der Waals surface area contributed by atoms with Gasteiger partial charge in [-0.2, -0.15) is 0 Å². The molecular formula is C14H16N2O4. The van der Waals surface area contributed by atoms with Gasteiger partial charge in [0.25, 0.3) is 5.89 Å². The Hall–Kier alpha value is -2.08. The maximum atomic E-state index is 12.1. The van der Waals surface area contributed by atoms with Crippen LogP contribution in [0.2, 0.25) is 0 Å². The Morgan fingerprint density at radius 1 is 1.60 bits per heavy atom. The molecule has 2 aromatic heterocycles. The second-order valence-corrected chi connectivity index (χ2v) is 4.96. The molecule has 1 saturated heterocycles. The van der Waals surface area contributed by atoms with Crippen molar-refractivity contribution in [3.05, 3.63) is 29.9 Å². The average Bonchev–Trinajstić information content (AvgIpc) is 3.11. The molecule has 1 fully saturated rings. The van der Waals surface area contributed by atoms with Crippen LogP contribution in [0.15, 0.2) is 27.2 Å². The van der Waals surface area contributed by atoms with Crippen LogP contribution in [0.5, 0.6) is 0 Å². The molecule has 3 heterocycles. The predicted octanol–water partition coefficient (Wildman–Crippen LogP) is 1.38. The number of aliphatic hydroxyl groups is 1. The molecule has 0 aromatic carbocycles. The van der Waals surface area contributed by atoms with Crippen molar-refractivity contribution in [2.45, 2.75) is 25.9 Å². The van der Waals surface area contributed by atoms with Crippen LogP contribution in [0.1, 0.15) is 17.9 Å². The fourth-order valence-electron chi connectivity index (χ4n) is 2.32. The van der Waals surface area contributed by atoms with E-state index >= 15 is 0 Å². The maximum absolute atomic E-state index is 12.1. The molecular weight excluding hydrogens is 260 g/mol. The normalized spacial score (nSPS) is 18.7. The summed E-state index contributed by atoms with van der Waals surface area (Å²) in [6.45, 7) is 2.78. The smallest absolute Gasteiger partial charge is 0.263 e. The van der Waals surface area contributed by atoms with E-state index in [-0.39, 0.29) is 12.3 Å². The van der Waals surface area contributed by atoms with Crippen LogP contribution in [0.4, 0.5) is 0 Å². The number of nitrogens with zero attached hydrogens (tertiary/aromatic N) is 2. The number of β-amino-alcohol motifs (C(OH)–C–C–N with tert-alkyl or cyclic N) is 1. The molecule has 0 aliphatic carbocycles. The third-order valence-electron chi connectivity index (χ3n) is 3.46. The van der Waals surface area contributed by atoms with Crippen molar-refractivity contribution in [2.75, 3.05) is 13.1 Å². The number of carbonyl (C=O) groups is 1. The summed E-state index contributed by atoms with van der Waals surface area (Å²) in [4.78, 5) is 18.1. The second-order valence-electron chi connectivity index (χ2n) is 4.96. The van der Waals surface area contributed by atoms with E-state index in [1.807, 2.05) is 0 Å². The van der Waals surface area contributed by atoms with Gasteiger partial charge in [0.15, 0.2) is 5.76 Å². The predicted molar refractivity (Wildman–Crippen MR) is 69.8 cm³/mol. The van der Waals surface area contributed by atoms with E-state index in [4.69, 9.17) is 8.83 Å². The fourth-order valence-corrected chi connectivity index (χ4v) is 2.32. The minimum absolute atomic E-state index is 0.0380. The topological polar surface area (TPSA) is 79.7 Å². The van der Waals surface area contributed by atoms with E-state index in [9.17, 15) is 9.90 Å². The second kappa shape index (κ2) is 5.13. The third kappa shape index (κ3) is 2.46. The van der Waals surface area contributed by atoms with Gasteiger partial charge >= 0.3 is 0 Å². The van der Waals surface area contributed by atoms with Gasteiger partial charge in [-0.1, -0.05) is 0 Å². The van der Waals surface area contributed by atoms with Crippen molar-refractivity contribution in [1.82, 2.24) is 9.88 Å². The molecule has 0 spiro atoms. The molecule has 20 heavy (non-hydrogen) atoms. The summed E-state index contributed by atoms with van der Waals surface area (Å²) in [5, 5.41) is 9.46. The first-order chi connectivity index (χ1) is 9.63. The molecule has 0 saturated carbocycles. The molecule has 1 atom stereocenters. The Balaban J connectivity index is 1.73. The van der Waals surface area contributed by atoms with E-state index in [1.165, 1.54) is 0 Å². The molecule has 0 unspecified atom stereocenters. The number of aliphatic hydroxyl groups excluding tert-OH is 1. The summed E-state index contributed by atoms with van der Waals surface area (Å²) in [6.07, 6.45) is 1.96. The zero-order valence-corrected chi connectivity index (χ0v) is 11.2. The van der Waals surface area contributed by atoms with Crippen molar-refractivity contribution >= 4 is 5.91 Å². The Kier molecular flexibility index (Phi) is 3.31. The van der Waals surface area contributed by atoms with Gasteiger partial charge in [0.2, 0.25) is 5.91 Å². The summed E-state index contributed by atoms with van der Waals surface area (Å²) in [5.41, 5.74) is 0.614. The number of furan rings is 1. The standard InChI is InChI=1S/C14H16N2O4/c1-9-11(7-13(18)16-5-4-10(17)8-16)15-14(20-9)12-3-2-6-19-12/h2-3,6,10,17H,4-5,7-8H2,1H3/t10-/m1/s1. The van der Waals surface area contributed by atoms with Crippen LogP contribution < -0.4 is 0 Å². The molecule has 106 valence electrons. The first-order valence-electron chi connectivity index (χ1n) is 6.59. The number of rotatable bonds is 3. The molecule has 6 heteroatoms. The largest absolute Gasteiger partial charge is 0.459 e. The van der Waals surface area contributed by atoms with E-state index in [2.05, 4.69) is 4.98 Å². The molecule has 1 N–H and O–H groups in total. The van der Waals surface area contributed by atoms with E-state index in [1.54, 1.807) is 30.2 Å². The number of aromatic nitrogens is 1. The summed E-state index contributed by atoms with van der Waals surface area (Å²) >= 11 is 0. The quantitative estimate of drug-likeness (QED) is 0.916. The highest BCUT2D eigenvalue weighted by molar-refractivity contribution is 5.79.